The number of hydrogen-bond acceptors (Lipinski definition) is 2. The summed E-state index contributed by atoms with van der Waals surface area (Å²) in [6.07, 6.45) is 8.17. The van der Waals surface area contributed by atoms with Gasteiger partial charge in [-0.2, -0.15) is 0 Å². The monoisotopic (exact) mass is 355 g/mol. The van der Waals surface area contributed by atoms with Crippen molar-refractivity contribution in [1.82, 2.24) is 4.90 Å². The van der Waals surface area contributed by atoms with Gasteiger partial charge in [0.25, 0.3) is 0 Å². The molecule has 0 radical (unpaired) electrons. The minimum atomic E-state index is -1.07. The van der Waals surface area contributed by atoms with E-state index in [0.717, 1.165) is 17.0 Å². The molecule has 2 aromatic rings. The zero-order chi connectivity index (χ0) is 16.4. The largest absolute Gasteiger partial charge is 0.377 e. The van der Waals surface area contributed by atoms with Gasteiger partial charge in [0, 0.05) is 6.04 Å². The van der Waals surface area contributed by atoms with E-state index in [-0.39, 0.29) is 12.4 Å². The molecule has 0 aromatic heterocycles. The van der Waals surface area contributed by atoms with E-state index >= 15 is 0 Å². The Morgan fingerprint density at radius 2 is 1.40 bits per heavy atom. The Balaban J connectivity index is 0.00000182. The smallest absolute Gasteiger partial charge is 0.133 e. The van der Waals surface area contributed by atoms with Crippen molar-refractivity contribution in [2.24, 2.45) is 5.92 Å². The van der Waals surface area contributed by atoms with Crippen molar-refractivity contribution in [2.45, 2.75) is 30.9 Å². The number of nitrogens with zero attached hydrogens (tertiary/aromatic N) is 1. The van der Waals surface area contributed by atoms with Gasteiger partial charge in [0.1, 0.15) is 5.60 Å². The van der Waals surface area contributed by atoms with Crippen LogP contribution in [0.25, 0.3) is 0 Å². The van der Waals surface area contributed by atoms with Crippen LogP contribution in [0.5, 0.6) is 0 Å². The molecule has 3 saturated heterocycles. The standard InChI is InChI=1S/C22H25NO.ClH/c24-22(19-7-3-1-4-8-19,20-9-5-2-6-10-20)14-11-21-17-18-12-15-23(21)16-13-18;/h1-11,14,18,21,24H,12-13,15-17H2;1H/b14-11+;. The first-order valence-electron chi connectivity index (χ1n) is 9.02. The lowest BCUT2D eigenvalue weighted by Gasteiger charge is -2.44. The van der Waals surface area contributed by atoms with E-state index < -0.39 is 5.60 Å². The summed E-state index contributed by atoms with van der Waals surface area (Å²) in [5.74, 6) is 0.867. The van der Waals surface area contributed by atoms with E-state index in [1.54, 1.807) is 0 Å². The summed E-state index contributed by atoms with van der Waals surface area (Å²) in [6, 6.07) is 20.4. The highest BCUT2D eigenvalue weighted by atomic mass is 35.5. The van der Waals surface area contributed by atoms with Gasteiger partial charge in [0.05, 0.1) is 0 Å². The zero-order valence-corrected chi connectivity index (χ0v) is 15.2. The van der Waals surface area contributed by atoms with E-state index in [9.17, 15) is 5.11 Å². The van der Waals surface area contributed by atoms with Gasteiger partial charge in [-0.1, -0.05) is 66.7 Å². The number of hydrogen-bond donors (Lipinski definition) is 1. The fraction of sp³-hybridized carbons (Fsp3) is 0.364. The topological polar surface area (TPSA) is 23.5 Å². The molecule has 3 aliphatic rings. The van der Waals surface area contributed by atoms with E-state index in [1.165, 1.54) is 32.4 Å². The van der Waals surface area contributed by atoms with E-state index in [4.69, 9.17) is 0 Å². The highest BCUT2D eigenvalue weighted by Gasteiger charge is 2.34. The first kappa shape index (κ1) is 18.2. The van der Waals surface area contributed by atoms with Crippen LogP contribution < -0.4 is 0 Å². The third-order valence-electron chi connectivity index (χ3n) is 5.68. The number of aliphatic hydroxyl groups is 1. The van der Waals surface area contributed by atoms with Crippen molar-refractivity contribution in [1.29, 1.82) is 0 Å². The van der Waals surface area contributed by atoms with Crippen molar-refractivity contribution < 1.29 is 5.11 Å². The van der Waals surface area contributed by atoms with Crippen molar-refractivity contribution >= 4 is 12.4 Å². The summed E-state index contributed by atoms with van der Waals surface area (Å²) in [5.41, 5.74) is 0.771. The number of piperidine rings is 3. The second-order valence-corrected chi connectivity index (χ2v) is 7.14. The van der Waals surface area contributed by atoms with Crippen molar-refractivity contribution in [3.63, 3.8) is 0 Å². The molecule has 5 rings (SSSR count). The van der Waals surface area contributed by atoms with Crippen LogP contribution in [0.2, 0.25) is 0 Å². The second-order valence-electron chi connectivity index (χ2n) is 7.14. The van der Waals surface area contributed by atoms with Crippen molar-refractivity contribution in [2.75, 3.05) is 13.1 Å². The van der Waals surface area contributed by atoms with Crippen LogP contribution >= 0.6 is 12.4 Å². The minimum Gasteiger partial charge on any atom is -0.377 e. The fourth-order valence-electron chi connectivity index (χ4n) is 4.21. The van der Waals surface area contributed by atoms with Gasteiger partial charge in [0.2, 0.25) is 0 Å². The molecule has 2 aromatic carbocycles. The Bertz CT molecular complexity index is 653. The summed E-state index contributed by atoms with van der Waals surface area (Å²) >= 11 is 0. The average Bonchev–Trinajstić information content (AvgIpc) is 2.68. The Kier molecular flexibility index (Phi) is 5.63. The lowest BCUT2D eigenvalue weighted by atomic mass is 9.81. The average molecular weight is 356 g/mol. The number of fused-ring (bicyclic) bond motifs is 3. The first-order valence-corrected chi connectivity index (χ1v) is 9.02. The summed E-state index contributed by atoms with van der Waals surface area (Å²) in [7, 11) is 0. The maximum absolute atomic E-state index is 11.5. The first-order chi connectivity index (χ1) is 11.8. The van der Waals surface area contributed by atoms with Crippen LogP contribution in [0.1, 0.15) is 30.4 Å². The number of halogens is 1. The third kappa shape index (κ3) is 3.67. The minimum absolute atomic E-state index is 0. The van der Waals surface area contributed by atoms with Gasteiger partial charge < -0.3 is 5.11 Å². The predicted octanol–water partition coefficient (Wildman–Crippen LogP) is 4.38. The van der Waals surface area contributed by atoms with Gasteiger partial charge >= 0.3 is 0 Å². The molecule has 132 valence electrons. The molecule has 3 fully saturated rings. The number of benzene rings is 2. The molecular formula is C22H26ClNO. The highest BCUT2D eigenvalue weighted by Crippen LogP contribution is 2.35. The molecule has 0 spiro atoms. The van der Waals surface area contributed by atoms with Crippen LogP contribution in [-0.4, -0.2) is 29.1 Å². The molecule has 3 heterocycles. The molecule has 25 heavy (non-hydrogen) atoms. The van der Waals surface area contributed by atoms with E-state index in [1.807, 2.05) is 66.7 Å². The van der Waals surface area contributed by atoms with Crippen LogP contribution in [-0.2, 0) is 5.60 Å². The van der Waals surface area contributed by atoms with Crippen LogP contribution in [0.3, 0.4) is 0 Å². The maximum atomic E-state index is 11.5. The predicted molar refractivity (Wildman–Crippen MR) is 105 cm³/mol. The second kappa shape index (κ2) is 7.74. The van der Waals surface area contributed by atoms with Crippen molar-refractivity contribution in [3.05, 3.63) is 83.9 Å². The summed E-state index contributed by atoms with van der Waals surface area (Å²) in [5, 5.41) is 11.5. The Morgan fingerprint density at radius 3 is 1.84 bits per heavy atom. The molecule has 1 N–H and O–H groups in total. The molecule has 1 unspecified atom stereocenters. The molecule has 3 aliphatic heterocycles. The van der Waals surface area contributed by atoms with Gasteiger partial charge in [-0.3, -0.25) is 4.90 Å². The summed E-state index contributed by atoms with van der Waals surface area (Å²) in [4.78, 5) is 2.56. The highest BCUT2D eigenvalue weighted by molar-refractivity contribution is 5.85. The van der Waals surface area contributed by atoms with Gasteiger partial charge in [-0.15, -0.1) is 12.4 Å². The van der Waals surface area contributed by atoms with Crippen LogP contribution in [0.15, 0.2) is 72.8 Å². The Morgan fingerprint density at radius 1 is 0.880 bits per heavy atom. The van der Waals surface area contributed by atoms with E-state index in [0.29, 0.717) is 6.04 Å². The molecule has 1 atom stereocenters. The number of rotatable bonds is 4. The molecule has 2 nitrogen and oxygen atoms in total. The maximum Gasteiger partial charge on any atom is 0.133 e. The van der Waals surface area contributed by atoms with Crippen molar-refractivity contribution in [3.8, 4) is 0 Å². The van der Waals surface area contributed by atoms with Crippen LogP contribution in [0, 0.1) is 5.92 Å². The Hall–Kier alpha value is -1.61. The Labute approximate surface area is 156 Å². The molecule has 0 saturated carbocycles. The molecule has 0 amide bonds. The fourth-order valence-corrected chi connectivity index (χ4v) is 4.21. The van der Waals surface area contributed by atoms with Gasteiger partial charge in [0.15, 0.2) is 0 Å². The SMILES string of the molecule is Cl.OC(/C=C/C1CC2CCN1CC2)(c1ccccc1)c1ccccc1. The lowest BCUT2D eigenvalue weighted by Crippen LogP contribution is -2.47. The van der Waals surface area contributed by atoms with E-state index in [2.05, 4.69) is 11.0 Å². The van der Waals surface area contributed by atoms with Gasteiger partial charge in [-0.25, -0.2) is 0 Å². The molecule has 0 aliphatic carbocycles. The lowest BCUT2D eigenvalue weighted by molar-refractivity contribution is 0.0713. The normalized spacial score (nSPS) is 25.7. The summed E-state index contributed by atoms with van der Waals surface area (Å²) in [6.45, 7) is 2.41. The molecule has 3 heteroatoms. The molecular weight excluding hydrogens is 330 g/mol. The summed E-state index contributed by atoms with van der Waals surface area (Å²) < 4.78 is 0. The zero-order valence-electron chi connectivity index (χ0n) is 14.4. The molecule has 2 bridgehead atoms. The quantitative estimate of drug-likeness (QED) is 0.822. The third-order valence-corrected chi connectivity index (χ3v) is 5.68. The van der Waals surface area contributed by atoms with Crippen LogP contribution in [0.4, 0.5) is 0 Å². The van der Waals surface area contributed by atoms with Gasteiger partial charge in [-0.05, 0) is 55.5 Å².